The van der Waals surface area contributed by atoms with Crippen LogP contribution >= 0.6 is 0 Å². The van der Waals surface area contributed by atoms with Crippen molar-refractivity contribution < 1.29 is 14.0 Å². The number of halogens is 1. The molecule has 5 nitrogen and oxygen atoms in total. The third kappa shape index (κ3) is 3.37. The van der Waals surface area contributed by atoms with Crippen LogP contribution in [-0.2, 0) is 6.54 Å². The maximum Gasteiger partial charge on any atom is 0.317 e. The molecule has 1 aliphatic heterocycles. The topological polar surface area (TPSA) is 61.4 Å². The number of benzene rings is 2. The van der Waals surface area contributed by atoms with E-state index in [0.29, 0.717) is 30.9 Å². The Morgan fingerprint density at radius 3 is 2.79 bits per heavy atom. The summed E-state index contributed by atoms with van der Waals surface area (Å²) >= 11 is 0. The maximum absolute atomic E-state index is 13.6. The Morgan fingerprint density at radius 2 is 2.08 bits per heavy atom. The second-order valence-electron chi connectivity index (χ2n) is 5.73. The molecule has 0 aliphatic carbocycles. The van der Waals surface area contributed by atoms with Gasteiger partial charge in [-0.05, 0) is 36.2 Å². The number of aryl methyl sites for hydroxylation is 1. The van der Waals surface area contributed by atoms with E-state index in [1.807, 2.05) is 12.1 Å². The van der Waals surface area contributed by atoms with Crippen LogP contribution in [0.15, 0.2) is 42.5 Å². The number of nitrogens with zero attached hydrogens (tertiary/aromatic N) is 1. The van der Waals surface area contributed by atoms with Crippen LogP contribution in [0.5, 0.6) is 0 Å². The van der Waals surface area contributed by atoms with Gasteiger partial charge in [0.25, 0.3) is 5.91 Å². The maximum atomic E-state index is 13.6. The van der Waals surface area contributed by atoms with E-state index in [0.717, 1.165) is 5.56 Å². The highest BCUT2D eigenvalue weighted by Gasteiger charge is 2.20. The zero-order valence-corrected chi connectivity index (χ0v) is 13.3. The number of rotatable bonds is 4. The molecule has 3 amide bonds. The van der Waals surface area contributed by atoms with Crippen molar-refractivity contribution in [1.29, 1.82) is 0 Å². The summed E-state index contributed by atoms with van der Waals surface area (Å²) in [6, 6.07) is 11.6. The second kappa shape index (κ2) is 6.70. The van der Waals surface area contributed by atoms with E-state index in [4.69, 9.17) is 0 Å². The van der Waals surface area contributed by atoms with Crippen molar-refractivity contribution in [3.8, 4) is 0 Å². The fourth-order valence-corrected chi connectivity index (χ4v) is 2.58. The zero-order valence-electron chi connectivity index (χ0n) is 13.3. The van der Waals surface area contributed by atoms with Crippen molar-refractivity contribution in [2.24, 2.45) is 0 Å². The Hall–Kier alpha value is -2.89. The molecule has 124 valence electrons. The van der Waals surface area contributed by atoms with Crippen molar-refractivity contribution >= 4 is 17.6 Å². The van der Waals surface area contributed by atoms with Crippen LogP contribution in [0.3, 0.4) is 0 Å². The van der Waals surface area contributed by atoms with Gasteiger partial charge in [0, 0.05) is 30.9 Å². The average molecular weight is 327 g/mol. The van der Waals surface area contributed by atoms with E-state index >= 15 is 0 Å². The molecule has 2 aromatic rings. The first-order valence-corrected chi connectivity index (χ1v) is 7.73. The third-order valence-electron chi connectivity index (χ3n) is 4.01. The molecule has 24 heavy (non-hydrogen) atoms. The highest BCUT2D eigenvalue weighted by Crippen LogP contribution is 2.19. The van der Waals surface area contributed by atoms with Crippen molar-refractivity contribution in [3.05, 3.63) is 65.0 Å². The molecule has 6 heteroatoms. The van der Waals surface area contributed by atoms with Crippen molar-refractivity contribution in [1.82, 2.24) is 10.2 Å². The van der Waals surface area contributed by atoms with Gasteiger partial charge in [-0.3, -0.25) is 4.79 Å². The van der Waals surface area contributed by atoms with Gasteiger partial charge in [0.15, 0.2) is 0 Å². The first-order chi connectivity index (χ1) is 11.5. The fourth-order valence-electron chi connectivity index (χ4n) is 2.58. The Labute approximate surface area is 139 Å². The lowest BCUT2D eigenvalue weighted by atomic mass is 10.1. The quantitative estimate of drug-likeness (QED) is 0.907. The lowest BCUT2D eigenvalue weighted by Crippen LogP contribution is -2.28. The molecular weight excluding hydrogens is 309 g/mol. The number of carbonyl (C=O) groups excluding carboxylic acids is 2. The summed E-state index contributed by atoms with van der Waals surface area (Å²) < 4.78 is 13.6. The highest BCUT2D eigenvalue weighted by molar-refractivity contribution is 6.04. The number of urea groups is 1. The summed E-state index contributed by atoms with van der Waals surface area (Å²) in [5.74, 6) is -0.795. The largest absolute Gasteiger partial charge is 0.336 e. The van der Waals surface area contributed by atoms with Crippen LogP contribution in [0.4, 0.5) is 14.9 Å². The predicted octanol–water partition coefficient (Wildman–Crippen LogP) is 2.91. The third-order valence-corrected chi connectivity index (χ3v) is 4.01. The van der Waals surface area contributed by atoms with Crippen LogP contribution in [0.1, 0.15) is 21.5 Å². The molecule has 0 atom stereocenters. The molecule has 0 saturated carbocycles. The van der Waals surface area contributed by atoms with Crippen molar-refractivity contribution in [2.45, 2.75) is 13.5 Å². The Kier molecular flexibility index (Phi) is 4.46. The van der Waals surface area contributed by atoms with E-state index in [-0.39, 0.29) is 17.5 Å². The number of para-hydroxylation sites is 1. The molecule has 0 unspecified atom stereocenters. The van der Waals surface area contributed by atoms with Crippen LogP contribution in [0.25, 0.3) is 0 Å². The fraction of sp³-hybridized carbons (Fsp3) is 0.222. The Balaban J connectivity index is 1.78. The van der Waals surface area contributed by atoms with E-state index in [9.17, 15) is 14.0 Å². The summed E-state index contributed by atoms with van der Waals surface area (Å²) in [6.07, 6.45) is 0. The molecule has 2 aromatic carbocycles. The summed E-state index contributed by atoms with van der Waals surface area (Å²) in [4.78, 5) is 25.7. The first-order valence-electron chi connectivity index (χ1n) is 7.73. The lowest BCUT2D eigenvalue weighted by molar-refractivity contribution is 0.102. The van der Waals surface area contributed by atoms with E-state index in [2.05, 4.69) is 10.6 Å². The SMILES string of the molecule is Cc1ccc(C(=O)Nc2ccccc2CN2CCNC2=O)cc1F. The van der Waals surface area contributed by atoms with Gasteiger partial charge in [-0.15, -0.1) is 0 Å². The van der Waals surface area contributed by atoms with Gasteiger partial charge >= 0.3 is 6.03 Å². The molecule has 0 spiro atoms. The molecular formula is C18H18FN3O2. The minimum atomic E-state index is -0.412. The lowest BCUT2D eigenvalue weighted by Gasteiger charge is -2.17. The molecule has 1 aliphatic rings. The van der Waals surface area contributed by atoms with Gasteiger partial charge in [-0.25, -0.2) is 9.18 Å². The number of carbonyl (C=O) groups is 2. The van der Waals surface area contributed by atoms with Crippen LogP contribution < -0.4 is 10.6 Å². The zero-order chi connectivity index (χ0) is 17.1. The van der Waals surface area contributed by atoms with Gasteiger partial charge in [-0.2, -0.15) is 0 Å². The smallest absolute Gasteiger partial charge is 0.317 e. The summed E-state index contributed by atoms with van der Waals surface area (Å²) in [5.41, 5.74) is 2.19. The minimum Gasteiger partial charge on any atom is -0.336 e. The van der Waals surface area contributed by atoms with Gasteiger partial charge in [-0.1, -0.05) is 24.3 Å². The van der Waals surface area contributed by atoms with E-state index in [1.54, 1.807) is 36.1 Å². The molecule has 0 aromatic heterocycles. The van der Waals surface area contributed by atoms with Crippen LogP contribution in [0.2, 0.25) is 0 Å². The van der Waals surface area contributed by atoms with E-state index in [1.165, 1.54) is 6.07 Å². The van der Waals surface area contributed by atoms with Crippen LogP contribution in [0, 0.1) is 12.7 Å². The average Bonchev–Trinajstić information content (AvgIpc) is 2.97. The monoisotopic (exact) mass is 327 g/mol. The highest BCUT2D eigenvalue weighted by atomic mass is 19.1. The molecule has 1 fully saturated rings. The molecule has 0 bridgehead atoms. The number of hydrogen-bond acceptors (Lipinski definition) is 2. The second-order valence-corrected chi connectivity index (χ2v) is 5.73. The number of nitrogens with one attached hydrogen (secondary N) is 2. The van der Waals surface area contributed by atoms with Gasteiger partial charge in [0.05, 0.1) is 0 Å². The van der Waals surface area contributed by atoms with Gasteiger partial charge < -0.3 is 15.5 Å². The Bertz CT molecular complexity index is 792. The molecule has 1 heterocycles. The van der Waals surface area contributed by atoms with E-state index < -0.39 is 5.82 Å². The Morgan fingerprint density at radius 1 is 1.29 bits per heavy atom. The summed E-state index contributed by atoms with van der Waals surface area (Å²) in [6.45, 7) is 3.30. The molecule has 2 N–H and O–H groups in total. The predicted molar refractivity (Wildman–Crippen MR) is 89.3 cm³/mol. The minimum absolute atomic E-state index is 0.114. The normalized spacial score (nSPS) is 13.8. The molecule has 0 radical (unpaired) electrons. The van der Waals surface area contributed by atoms with Crippen molar-refractivity contribution in [2.75, 3.05) is 18.4 Å². The summed E-state index contributed by atoms with van der Waals surface area (Å²) in [7, 11) is 0. The number of anilines is 1. The molecule has 3 rings (SSSR count). The standard InChI is InChI=1S/C18H18FN3O2/c1-12-6-7-13(10-15(12)19)17(23)21-16-5-3-2-4-14(16)11-22-9-8-20-18(22)24/h2-7,10H,8-9,11H2,1H3,(H,20,24)(H,21,23). The summed E-state index contributed by atoms with van der Waals surface area (Å²) in [5, 5.41) is 5.54. The van der Waals surface area contributed by atoms with Gasteiger partial charge in [0.2, 0.25) is 0 Å². The van der Waals surface area contributed by atoms with Crippen LogP contribution in [-0.4, -0.2) is 29.9 Å². The first kappa shape index (κ1) is 16.0. The van der Waals surface area contributed by atoms with Gasteiger partial charge in [0.1, 0.15) is 5.82 Å². The number of amides is 3. The number of hydrogen-bond donors (Lipinski definition) is 2. The molecule has 1 saturated heterocycles. The van der Waals surface area contributed by atoms with Crippen molar-refractivity contribution in [3.63, 3.8) is 0 Å².